The molecule has 0 saturated carbocycles. The fourth-order valence-corrected chi connectivity index (χ4v) is 4.84. The molecule has 0 unspecified atom stereocenters. The molecule has 0 atom stereocenters. The highest BCUT2D eigenvalue weighted by Gasteiger charge is 2.32. The number of hydrogen-bond acceptors (Lipinski definition) is 3. The quantitative estimate of drug-likeness (QED) is 0.807. The van der Waals surface area contributed by atoms with Crippen molar-refractivity contribution < 1.29 is 8.42 Å². The van der Waals surface area contributed by atoms with Crippen molar-refractivity contribution in [2.45, 2.75) is 4.90 Å². The lowest BCUT2D eigenvalue weighted by molar-refractivity contribution is 0.265. The summed E-state index contributed by atoms with van der Waals surface area (Å²) < 4.78 is 26.7. The van der Waals surface area contributed by atoms with Gasteiger partial charge >= 0.3 is 0 Å². The molecular formula is C12H15Cl2N3O2S2. The van der Waals surface area contributed by atoms with E-state index in [4.69, 9.17) is 35.4 Å². The van der Waals surface area contributed by atoms with Crippen molar-refractivity contribution in [3.05, 3.63) is 28.2 Å². The molecule has 5 nitrogen and oxygen atoms in total. The van der Waals surface area contributed by atoms with Crippen molar-refractivity contribution >= 4 is 50.6 Å². The molecule has 21 heavy (non-hydrogen) atoms. The predicted molar refractivity (Wildman–Crippen MR) is 88.5 cm³/mol. The van der Waals surface area contributed by atoms with Crippen LogP contribution in [0.2, 0.25) is 10.0 Å². The van der Waals surface area contributed by atoms with Gasteiger partial charge in [-0.3, -0.25) is 0 Å². The van der Waals surface area contributed by atoms with Gasteiger partial charge in [0, 0.05) is 33.2 Å². The number of piperazine rings is 1. The molecule has 0 amide bonds. The van der Waals surface area contributed by atoms with Crippen LogP contribution < -0.4 is 5.32 Å². The molecule has 0 aliphatic carbocycles. The molecule has 0 spiro atoms. The van der Waals surface area contributed by atoms with Gasteiger partial charge in [-0.05, 0) is 24.4 Å². The number of nitrogens with one attached hydrogen (secondary N) is 1. The maximum Gasteiger partial charge on any atom is 0.246 e. The fourth-order valence-electron chi connectivity index (χ4n) is 2.15. The molecule has 1 saturated heterocycles. The molecule has 2 rings (SSSR count). The maximum absolute atomic E-state index is 12.7. The van der Waals surface area contributed by atoms with Gasteiger partial charge in [0.25, 0.3) is 0 Å². The molecule has 1 aliphatic rings. The third kappa shape index (κ3) is 3.43. The number of hydrogen-bond donors (Lipinski definition) is 1. The van der Waals surface area contributed by atoms with Crippen LogP contribution in [0.5, 0.6) is 0 Å². The van der Waals surface area contributed by atoms with E-state index >= 15 is 0 Å². The first-order valence-electron chi connectivity index (χ1n) is 6.28. The minimum atomic E-state index is -3.70. The summed E-state index contributed by atoms with van der Waals surface area (Å²) in [5.41, 5.74) is 0. The van der Waals surface area contributed by atoms with E-state index in [-0.39, 0.29) is 14.9 Å². The van der Waals surface area contributed by atoms with Crippen molar-refractivity contribution in [1.82, 2.24) is 14.5 Å². The van der Waals surface area contributed by atoms with Gasteiger partial charge in [0.05, 0.1) is 10.0 Å². The standard InChI is InChI=1S/C12H15Cl2N3O2S2/c1-15-12(20)16-5-7-17(8-6-16)21(18,19)11-9(13)3-2-4-10(11)14/h2-4H,5-8H2,1H3,(H,15,20). The van der Waals surface area contributed by atoms with Crippen LogP contribution in [-0.2, 0) is 10.0 Å². The monoisotopic (exact) mass is 367 g/mol. The van der Waals surface area contributed by atoms with E-state index in [0.29, 0.717) is 31.3 Å². The van der Waals surface area contributed by atoms with Crippen molar-refractivity contribution in [3.8, 4) is 0 Å². The first-order valence-corrected chi connectivity index (χ1v) is 8.89. The smallest absolute Gasteiger partial charge is 0.246 e. The molecule has 1 aromatic rings. The number of halogens is 2. The Morgan fingerprint density at radius 2 is 1.71 bits per heavy atom. The third-order valence-electron chi connectivity index (χ3n) is 3.26. The van der Waals surface area contributed by atoms with E-state index in [2.05, 4.69) is 5.32 Å². The summed E-state index contributed by atoms with van der Waals surface area (Å²) in [6.45, 7) is 1.74. The average molecular weight is 368 g/mol. The minimum absolute atomic E-state index is 0.0297. The third-order valence-corrected chi connectivity index (χ3v) is 6.57. The van der Waals surface area contributed by atoms with Gasteiger partial charge in [0.2, 0.25) is 10.0 Å². The summed E-state index contributed by atoms with van der Waals surface area (Å²) in [4.78, 5) is 1.90. The van der Waals surface area contributed by atoms with Crippen LogP contribution in [-0.4, -0.2) is 56.0 Å². The lowest BCUT2D eigenvalue weighted by Crippen LogP contribution is -2.52. The van der Waals surface area contributed by atoms with E-state index in [1.807, 2.05) is 4.90 Å². The SMILES string of the molecule is CNC(=S)N1CCN(S(=O)(=O)c2c(Cl)cccc2Cl)CC1. The van der Waals surface area contributed by atoms with Crippen LogP contribution in [0.1, 0.15) is 0 Å². The maximum atomic E-state index is 12.7. The van der Waals surface area contributed by atoms with Gasteiger partial charge in [-0.15, -0.1) is 0 Å². The molecule has 1 heterocycles. The highest BCUT2D eigenvalue weighted by molar-refractivity contribution is 7.89. The van der Waals surface area contributed by atoms with Gasteiger partial charge in [0.15, 0.2) is 5.11 Å². The Hall–Kier alpha value is -0.600. The minimum Gasteiger partial charge on any atom is -0.366 e. The zero-order chi connectivity index (χ0) is 15.6. The lowest BCUT2D eigenvalue weighted by Gasteiger charge is -2.35. The predicted octanol–water partition coefficient (Wildman–Crippen LogP) is 1.80. The zero-order valence-electron chi connectivity index (χ0n) is 11.3. The second kappa shape index (κ2) is 6.66. The van der Waals surface area contributed by atoms with Gasteiger partial charge in [-0.25, -0.2) is 8.42 Å². The summed E-state index contributed by atoms with van der Waals surface area (Å²) >= 11 is 17.2. The van der Waals surface area contributed by atoms with Crippen LogP contribution in [0, 0.1) is 0 Å². The summed E-state index contributed by atoms with van der Waals surface area (Å²) in [5.74, 6) is 0. The van der Waals surface area contributed by atoms with E-state index in [1.165, 1.54) is 16.4 Å². The summed E-state index contributed by atoms with van der Waals surface area (Å²) in [6, 6.07) is 4.66. The Morgan fingerprint density at radius 3 is 2.19 bits per heavy atom. The molecule has 116 valence electrons. The van der Waals surface area contributed by atoms with Gasteiger partial charge in [0.1, 0.15) is 4.90 Å². The van der Waals surface area contributed by atoms with Gasteiger partial charge in [-0.2, -0.15) is 4.31 Å². The van der Waals surface area contributed by atoms with Crippen molar-refractivity contribution in [2.75, 3.05) is 33.2 Å². The molecule has 1 aromatic carbocycles. The first kappa shape index (κ1) is 16.8. The number of nitrogens with zero attached hydrogens (tertiary/aromatic N) is 2. The van der Waals surface area contributed by atoms with E-state index in [9.17, 15) is 8.42 Å². The number of sulfonamides is 1. The highest BCUT2D eigenvalue weighted by atomic mass is 35.5. The summed E-state index contributed by atoms with van der Waals surface area (Å²) in [5, 5.41) is 3.77. The Morgan fingerprint density at radius 1 is 1.19 bits per heavy atom. The Labute approximate surface area is 139 Å². The Kier molecular flexibility index (Phi) is 5.32. The van der Waals surface area contributed by atoms with Crippen molar-refractivity contribution in [3.63, 3.8) is 0 Å². The van der Waals surface area contributed by atoms with Gasteiger partial charge in [-0.1, -0.05) is 29.3 Å². The molecule has 0 radical (unpaired) electrons. The summed E-state index contributed by atoms with van der Waals surface area (Å²) in [7, 11) is -1.96. The molecule has 1 fully saturated rings. The number of thiocarbonyl (C=S) groups is 1. The second-order valence-corrected chi connectivity index (χ2v) is 7.57. The average Bonchev–Trinajstić information content (AvgIpc) is 2.46. The Balaban J connectivity index is 2.21. The first-order chi connectivity index (χ1) is 9.87. The fraction of sp³-hybridized carbons (Fsp3) is 0.417. The molecule has 9 heteroatoms. The number of rotatable bonds is 2. The van der Waals surface area contributed by atoms with E-state index < -0.39 is 10.0 Å². The normalized spacial score (nSPS) is 16.8. The molecule has 1 N–H and O–H groups in total. The van der Waals surface area contributed by atoms with Crippen LogP contribution in [0.15, 0.2) is 23.1 Å². The number of benzene rings is 1. The zero-order valence-corrected chi connectivity index (χ0v) is 14.5. The van der Waals surface area contributed by atoms with Crippen LogP contribution in [0.3, 0.4) is 0 Å². The van der Waals surface area contributed by atoms with E-state index in [0.717, 1.165) is 0 Å². The van der Waals surface area contributed by atoms with Crippen LogP contribution >= 0.6 is 35.4 Å². The molecule has 0 aromatic heterocycles. The molecule has 0 bridgehead atoms. The topological polar surface area (TPSA) is 52.6 Å². The molecular weight excluding hydrogens is 353 g/mol. The Bertz CT molecular complexity index is 624. The highest BCUT2D eigenvalue weighted by Crippen LogP contribution is 2.31. The summed E-state index contributed by atoms with van der Waals surface area (Å²) in [6.07, 6.45) is 0. The largest absolute Gasteiger partial charge is 0.366 e. The van der Waals surface area contributed by atoms with E-state index in [1.54, 1.807) is 13.1 Å². The van der Waals surface area contributed by atoms with Crippen molar-refractivity contribution in [2.24, 2.45) is 0 Å². The lowest BCUT2D eigenvalue weighted by atomic mass is 10.4. The van der Waals surface area contributed by atoms with Crippen LogP contribution in [0.4, 0.5) is 0 Å². The van der Waals surface area contributed by atoms with Crippen molar-refractivity contribution in [1.29, 1.82) is 0 Å². The van der Waals surface area contributed by atoms with Gasteiger partial charge < -0.3 is 10.2 Å². The molecule has 1 aliphatic heterocycles. The van der Waals surface area contributed by atoms with Crippen LogP contribution in [0.25, 0.3) is 0 Å². The second-order valence-electron chi connectivity index (χ2n) is 4.50.